The van der Waals surface area contributed by atoms with Crippen LogP contribution in [0.15, 0.2) is 29.2 Å². The number of benzene rings is 1. The number of carboxylic acids is 1. The Kier molecular flexibility index (Phi) is 2.54. The molecule has 1 atom stereocenters. The average Bonchev–Trinajstić information content (AvgIpc) is 2.84. The Balaban J connectivity index is 2.39. The molecule has 1 aliphatic rings. The molecule has 0 saturated heterocycles. The molecular formula is C13H16O2S. The van der Waals surface area contributed by atoms with Crippen molar-refractivity contribution in [2.75, 3.05) is 6.26 Å². The lowest BCUT2D eigenvalue weighted by Gasteiger charge is -2.16. The van der Waals surface area contributed by atoms with Gasteiger partial charge in [0.25, 0.3) is 0 Å². The van der Waals surface area contributed by atoms with Gasteiger partial charge in [-0.3, -0.25) is 4.79 Å². The zero-order valence-corrected chi connectivity index (χ0v) is 10.6. The van der Waals surface area contributed by atoms with E-state index in [4.69, 9.17) is 0 Å². The highest BCUT2D eigenvalue weighted by atomic mass is 32.2. The van der Waals surface area contributed by atoms with Crippen LogP contribution in [0.3, 0.4) is 0 Å². The smallest absolute Gasteiger partial charge is 0.314 e. The van der Waals surface area contributed by atoms with Crippen LogP contribution in [-0.2, 0) is 10.2 Å². The quantitative estimate of drug-likeness (QED) is 0.819. The Hall–Kier alpha value is -0.960. The van der Waals surface area contributed by atoms with Gasteiger partial charge in [-0.25, -0.2) is 0 Å². The van der Waals surface area contributed by atoms with Crippen molar-refractivity contribution in [1.82, 2.24) is 0 Å². The van der Waals surface area contributed by atoms with Crippen LogP contribution >= 0.6 is 11.8 Å². The summed E-state index contributed by atoms with van der Waals surface area (Å²) in [5.41, 5.74) is 0.145. The van der Waals surface area contributed by atoms with Crippen molar-refractivity contribution in [3.63, 3.8) is 0 Å². The summed E-state index contributed by atoms with van der Waals surface area (Å²) in [5.74, 6) is -0.700. The van der Waals surface area contributed by atoms with Gasteiger partial charge in [0, 0.05) is 4.90 Å². The summed E-state index contributed by atoms with van der Waals surface area (Å²) < 4.78 is 0. The molecule has 0 aliphatic heterocycles. The van der Waals surface area contributed by atoms with Crippen molar-refractivity contribution < 1.29 is 9.90 Å². The second kappa shape index (κ2) is 3.52. The van der Waals surface area contributed by atoms with Crippen LogP contribution in [0.5, 0.6) is 0 Å². The molecule has 0 amide bonds. The molecule has 1 N–H and O–H groups in total. The third-order valence-electron chi connectivity index (χ3n) is 3.69. The van der Waals surface area contributed by atoms with Crippen molar-refractivity contribution in [2.24, 2.45) is 5.41 Å². The summed E-state index contributed by atoms with van der Waals surface area (Å²) in [6.45, 7) is 4.03. The lowest BCUT2D eigenvalue weighted by Crippen LogP contribution is -2.25. The molecule has 1 aromatic carbocycles. The Morgan fingerprint density at radius 1 is 1.31 bits per heavy atom. The normalized spacial score (nSPS) is 26.4. The minimum Gasteiger partial charge on any atom is -0.481 e. The summed E-state index contributed by atoms with van der Waals surface area (Å²) in [6, 6.07) is 7.90. The van der Waals surface area contributed by atoms with Crippen LogP contribution in [0.25, 0.3) is 0 Å². The molecule has 1 fully saturated rings. The highest BCUT2D eigenvalue weighted by Crippen LogP contribution is 2.64. The van der Waals surface area contributed by atoms with E-state index < -0.39 is 11.4 Å². The Morgan fingerprint density at radius 3 is 2.12 bits per heavy atom. The Bertz CT molecular complexity index is 422. The largest absolute Gasteiger partial charge is 0.481 e. The fourth-order valence-corrected chi connectivity index (χ4v) is 2.88. The Labute approximate surface area is 100 Å². The minimum atomic E-state index is -0.700. The molecule has 0 aromatic heterocycles. The van der Waals surface area contributed by atoms with E-state index >= 15 is 0 Å². The molecule has 0 spiro atoms. The molecule has 0 heterocycles. The molecule has 86 valence electrons. The van der Waals surface area contributed by atoms with Crippen LogP contribution < -0.4 is 0 Å². The second-order valence-electron chi connectivity index (χ2n) is 5.00. The van der Waals surface area contributed by atoms with Gasteiger partial charge in [0.15, 0.2) is 0 Å². The van der Waals surface area contributed by atoms with E-state index in [1.54, 1.807) is 11.8 Å². The van der Waals surface area contributed by atoms with Gasteiger partial charge < -0.3 is 5.11 Å². The maximum atomic E-state index is 11.4. The standard InChI is InChI=1S/C13H16O2S/c1-12(2)8-13(12,11(14)15)9-4-6-10(16-3)7-5-9/h4-7H,8H2,1-3H3,(H,14,15). The average molecular weight is 236 g/mol. The zero-order chi connectivity index (χ0) is 12.0. The fourth-order valence-electron chi connectivity index (χ4n) is 2.48. The van der Waals surface area contributed by atoms with Crippen LogP contribution in [0, 0.1) is 5.41 Å². The third-order valence-corrected chi connectivity index (χ3v) is 4.43. The first-order chi connectivity index (χ1) is 7.44. The second-order valence-corrected chi connectivity index (χ2v) is 5.88. The SMILES string of the molecule is CSc1ccc(C2(C(=O)O)CC2(C)C)cc1. The van der Waals surface area contributed by atoms with E-state index in [0.29, 0.717) is 0 Å². The summed E-state index contributed by atoms with van der Waals surface area (Å²) in [6.07, 6.45) is 2.75. The van der Waals surface area contributed by atoms with E-state index in [2.05, 4.69) is 0 Å². The van der Waals surface area contributed by atoms with Crippen LogP contribution in [0.1, 0.15) is 25.8 Å². The summed E-state index contributed by atoms with van der Waals surface area (Å²) >= 11 is 1.67. The molecule has 16 heavy (non-hydrogen) atoms. The highest BCUT2D eigenvalue weighted by Gasteiger charge is 2.67. The Morgan fingerprint density at radius 2 is 1.81 bits per heavy atom. The lowest BCUT2D eigenvalue weighted by molar-refractivity contribution is -0.141. The van der Waals surface area contributed by atoms with Crippen molar-refractivity contribution in [1.29, 1.82) is 0 Å². The van der Waals surface area contributed by atoms with E-state index in [9.17, 15) is 9.90 Å². The first-order valence-corrected chi connectivity index (χ1v) is 6.54. The third kappa shape index (κ3) is 1.46. The molecule has 0 bridgehead atoms. The maximum Gasteiger partial charge on any atom is 0.314 e. The van der Waals surface area contributed by atoms with E-state index in [-0.39, 0.29) is 5.41 Å². The number of aliphatic carboxylic acids is 1. The molecule has 1 unspecified atom stereocenters. The van der Waals surface area contributed by atoms with Gasteiger partial charge in [0.1, 0.15) is 0 Å². The van der Waals surface area contributed by atoms with Gasteiger partial charge in [-0.05, 0) is 35.8 Å². The van der Waals surface area contributed by atoms with E-state index in [1.165, 1.54) is 4.90 Å². The highest BCUT2D eigenvalue weighted by molar-refractivity contribution is 7.98. The van der Waals surface area contributed by atoms with Gasteiger partial charge >= 0.3 is 5.97 Å². The molecule has 1 saturated carbocycles. The van der Waals surface area contributed by atoms with Crippen molar-refractivity contribution in [3.8, 4) is 0 Å². The number of hydrogen-bond donors (Lipinski definition) is 1. The predicted octanol–water partition coefficient (Wildman–Crippen LogP) is 3.16. The number of carbonyl (C=O) groups is 1. The van der Waals surface area contributed by atoms with Crippen LogP contribution in [0.4, 0.5) is 0 Å². The molecule has 3 heteroatoms. The van der Waals surface area contributed by atoms with Crippen LogP contribution in [0.2, 0.25) is 0 Å². The van der Waals surface area contributed by atoms with Crippen molar-refractivity contribution >= 4 is 17.7 Å². The number of thioether (sulfide) groups is 1. The maximum absolute atomic E-state index is 11.4. The van der Waals surface area contributed by atoms with Crippen molar-refractivity contribution in [2.45, 2.75) is 30.6 Å². The van der Waals surface area contributed by atoms with Gasteiger partial charge in [0.2, 0.25) is 0 Å². The van der Waals surface area contributed by atoms with Gasteiger partial charge in [-0.1, -0.05) is 26.0 Å². The summed E-state index contributed by atoms with van der Waals surface area (Å²) in [5, 5.41) is 9.41. The van der Waals surface area contributed by atoms with Crippen molar-refractivity contribution in [3.05, 3.63) is 29.8 Å². The van der Waals surface area contributed by atoms with Gasteiger partial charge in [0.05, 0.1) is 5.41 Å². The molecular weight excluding hydrogens is 220 g/mol. The number of hydrogen-bond acceptors (Lipinski definition) is 2. The minimum absolute atomic E-state index is 0.125. The first-order valence-electron chi connectivity index (χ1n) is 5.32. The lowest BCUT2D eigenvalue weighted by atomic mass is 9.88. The fraction of sp³-hybridized carbons (Fsp3) is 0.462. The molecule has 1 aromatic rings. The monoisotopic (exact) mass is 236 g/mol. The number of carboxylic acid groups (broad SMARTS) is 1. The molecule has 2 nitrogen and oxygen atoms in total. The van der Waals surface area contributed by atoms with Crippen LogP contribution in [-0.4, -0.2) is 17.3 Å². The zero-order valence-electron chi connectivity index (χ0n) is 9.78. The summed E-state index contributed by atoms with van der Waals surface area (Å²) in [7, 11) is 0. The van der Waals surface area contributed by atoms with Gasteiger partial charge in [-0.2, -0.15) is 0 Å². The molecule has 1 aliphatic carbocycles. The summed E-state index contributed by atoms with van der Waals surface area (Å²) in [4.78, 5) is 12.6. The predicted molar refractivity (Wildman–Crippen MR) is 65.9 cm³/mol. The van der Waals surface area contributed by atoms with E-state index in [1.807, 2.05) is 44.4 Å². The first kappa shape index (κ1) is 11.5. The molecule has 0 radical (unpaired) electrons. The van der Waals surface area contributed by atoms with E-state index in [0.717, 1.165) is 12.0 Å². The number of rotatable bonds is 3. The van der Waals surface area contributed by atoms with Gasteiger partial charge in [-0.15, -0.1) is 11.8 Å². The molecule has 2 rings (SSSR count). The topological polar surface area (TPSA) is 37.3 Å².